The summed E-state index contributed by atoms with van der Waals surface area (Å²) in [4.78, 5) is 24.0. The van der Waals surface area contributed by atoms with Crippen molar-refractivity contribution in [3.05, 3.63) is 30.1 Å². The quantitative estimate of drug-likeness (QED) is 0.798. The zero-order valence-electron chi connectivity index (χ0n) is 12.2. The molecule has 0 unspecified atom stereocenters. The minimum atomic E-state index is -1.06. The van der Waals surface area contributed by atoms with Crippen LogP contribution in [-0.4, -0.2) is 41.6 Å². The van der Waals surface area contributed by atoms with Crippen LogP contribution in [0.25, 0.3) is 0 Å². The largest absolute Gasteiger partial charge is 0.490 e. The standard InChI is InChI=1S/C15H20FNO4/c1-11(2)9-17(10-15(19)20)14(18)7-8-21-13-6-4-3-5-12(13)16/h3-6,11H,7-10H2,1-2H3,(H,19,20). The maximum atomic E-state index is 13.3. The minimum absolute atomic E-state index is 0.00792. The third-order valence-corrected chi connectivity index (χ3v) is 2.67. The summed E-state index contributed by atoms with van der Waals surface area (Å²) in [5.74, 6) is -1.62. The molecule has 1 aromatic carbocycles. The number of aliphatic carboxylic acids is 1. The number of para-hydroxylation sites is 1. The van der Waals surface area contributed by atoms with E-state index in [0.29, 0.717) is 6.54 Å². The second-order valence-electron chi connectivity index (χ2n) is 5.09. The van der Waals surface area contributed by atoms with Gasteiger partial charge < -0.3 is 14.7 Å². The molecule has 0 bridgehead atoms. The third-order valence-electron chi connectivity index (χ3n) is 2.67. The van der Waals surface area contributed by atoms with Gasteiger partial charge in [0.05, 0.1) is 13.0 Å². The van der Waals surface area contributed by atoms with E-state index >= 15 is 0 Å². The van der Waals surface area contributed by atoms with Gasteiger partial charge in [-0.3, -0.25) is 9.59 Å². The van der Waals surface area contributed by atoms with Gasteiger partial charge in [0.15, 0.2) is 11.6 Å². The average Bonchev–Trinajstić information content (AvgIpc) is 2.39. The number of halogens is 1. The molecule has 0 heterocycles. The highest BCUT2D eigenvalue weighted by Gasteiger charge is 2.18. The fraction of sp³-hybridized carbons (Fsp3) is 0.467. The summed E-state index contributed by atoms with van der Waals surface area (Å²) in [6.45, 7) is 3.84. The Labute approximate surface area is 123 Å². The predicted octanol–water partition coefficient (Wildman–Crippen LogP) is 2.16. The Morgan fingerprint density at radius 2 is 2.00 bits per heavy atom. The molecule has 0 aliphatic carbocycles. The molecule has 21 heavy (non-hydrogen) atoms. The Morgan fingerprint density at radius 3 is 2.57 bits per heavy atom. The number of nitrogens with zero attached hydrogens (tertiary/aromatic N) is 1. The average molecular weight is 297 g/mol. The number of ether oxygens (including phenoxy) is 1. The first-order valence-corrected chi connectivity index (χ1v) is 6.77. The third kappa shape index (κ3) is 6.25. The summed E-state index contributed by atoms with van der Waals surface area (Å²) < 4.78 is 18.5. The van der Waals surface area contributed by atoms with Crippen LogP contribution in [0.5, 0.6) is 5.75 Å². The monoisotopic (exact) mass is 297 g/mol. The molecule has 0 saturated heterocycles. The Hall–Kier alpha value is -2.11. The number of hydrogen-bond donors (Lipinski definition) is 1. The molecule has 0 saturated carbocycles. The summed E-state index contributed by atoms with van der Waals surface area (Å²) >= 11 is 0. The first-order chi connectivity index (χ1) is 9.90. The van der Waals surface area contributed by atoms with Crippen molar-refractivity contribution in [2.24, 2.45) is 5.92 Å². The fourth-order valence-electron chi connectivity index (χ4n) is 1.83. The van der Waals surface area contributed by atoms with Crippen LogP contribution in [-0.2, 0) is 9.59 Å². The van der Waals surface area contributed by atoms with Gasteiger partial charge in [-0.25, -0.2) is 4.39 Å². The molecule has 1 N–H and O–H groups in total. The molecule has 116 valence electrons. The Bertz CT molecular complexity index is 490. The van der Waals surface area contributed by atoms with Gasteiger partial charge in [0.2, 0.25) is 5.91 Å². The lowest BCUT2D eigenvalue weighted by Gasteiger charge is -2.22. The van der Waals surface area contributed by atoms with Gasteiger partial charge in [-0.2, -0.15) is 0 Å². The van der Waals surface area contributed by atoms with Gasteiger partial charge >= 0.3 is 5.97 Å². The van der Waals surface area contributed by atoms with Crippen molar-refractivity contribution in [1.29, 1.82) is 0 Å². The molecule has 0 fully saturated rings. The van der Waals surface area contributed by atoms with Crippen LogP contribution >= 0.6 is 0 Å². The SMILES string of the molecule is CC(C)CN(CC(=O)O)C(=O)CCOc1ccccc1F. The summed E-state index contributed by atoms with van der Waals surface area (Å²) in [6.07, 6.45) is 0.00827. The summed E-state index contributed by atoms with van der Waals surface area (Å²) in [5, 5.41) is 8.81. The molecule has 1 aromatic rings. The van der Waals surface area contributed by atoms with E-state index in [9.17, 15) is 14.0 Å². The van der Waals surface area contributed by atoms with E-state index in [4.69, 9.17) is 9.84 Å². The number of amides is 1. The highest BCUT2D eigenvalue weighted by Crippen LogP contribution is 2.15. The Kier molecular flexibility index (Phi) is 6.65. The van der Waals surface area contributed by atoms with E-state index in [1.165, 1.54) is 17.0 Å². The highest BCUT2D eigenvalue weighted by atomic mass is 19.1. The predicted molar refractivity (Wildman–Crippen MR) is 75.6 cm³/mol. The van der Waals surface area contributed by atoms with Gasteiger partial charge in [-0.15, -0.1) is 0 Å². The number of carbonyl (C=O) groups is 2. The lowest BCUT2D eigenvalue weighted by atomic mass is 10.2. The molecule has 0 aliphatic heterocycles. The van der Waals surface area contributed by atoms with Crippen molar-refractivity contribution < 1.29 is 23.8 Å². The van der Waals surface area contributed by atoms with Crippen LogP contribution < -0.4 is 4.74 Å². The lowest BCUT2D eigenvalue weighted by Crippen LogP contribution is -2.38. The number of rotatable bonds is 8. The van der Waals surface area contributed by atoms with Crippen molar-refractivity contribution in [1.82, 2.24) is 4.90 Å². The van der Waals surface area contributed by atoms with E-state index in [1.807, 2.05) is 13.8 Å². The van der Waals surface area contributed by atoms with Crippen molar-refractivity contribution in [2.45, 2.75) is 20.3 Å². The maximum Gasteiger partial charge on any atom is 0.323 e. The molecule has 1 rings (SSSR count). The van der Waals surface area contributed by atoms with Crippen molar-refractivity contribution in [3.8, 4) is 5.75 Å². The topological polar surface area (TPSA) is 66.8 Å². The Morgan fingerprint density at radius 1 is 1.33 bits per heavy atom. The van der Waals surface area contributed by atoms with Crippen LogP contribution in [0.1, 0.15) is 20.3 Å². The van der Waals surface area contributed by atoms with Crippen LogP contribution in [0.4, 0.5) is 4.39 Å². The van der Waals surface area contributed by atoms with Gasteiger partial charge in [-0.05, 0) is 18.1 Å². The van der Waals surface area contributed by atoms with Crippen molar-refractivity contribution in [2.75, 3.05) is 19.7 Å². The molecular weight excluding hydrogens is 277 g/mol. The zero-order valence-corrected chi connectivity index (χ0v) is 12.2. The molecule has 0 radical (unpaired) electrons. The zero-order chi connectivity index (χ0) is 15.8. The molecule has 0 atom stereocenters. The number of carbonyl (C=O) groups excluding carboxylic acids is 1. The van der Waals surface area contributed by atoms with Crippen LogP contribution in [0.3, 0.4) is 0 Å². The first kappa shape index (κ1) is 16.9. The molecule has 1 amide bonds. The van der Waals surface area contributed by atoms with E-state index < -0.39 is 11.8 Å². The van der Waals surface area contributed by atoms with Gasteiger partial charge in [-0.1, -0.05) is 26.0 Å². The number of carboxylic acids is 1. The minimum Gasteiger partial charge on any atom is -0.490 e. The van der Waals surface area contributed by atoms with Crippen molar-refractivity contribution in [3.63, 3.8) is 0 Å². The van der Waals surface area contributed by atoms with E-state index in [2.05, 4.69) is 0 Å². The van der Waals surface area contributed by atoms with Gasteiger partial charge in [0, 0.05) is 6.54 Å². The smallest absolute Gasteiger partial charge is 0.323 e. The molecule has 0 aliphatic rings. The van der Waals surface area contributed by atoms with Crippen molar-refractivity contribution >= 4 is 11.9 Å². The Balaban J connectivity index is 2.49. The maximum absolute atomic E-state index is 13.3. The number of hydrogen-bond acceptors (Lipinski definition) is 3. The van der Waals surface area contributed by atoms with Crippen LogP contribution in [0, 0.1) is 11.7 Å². The summed E-state index contributed by atoms with van der Waals surface area (Å²) in [5.41, 5.74) is 0. The number of benzene rings is 1. The van der Waals surface area contributed by atoms with Gasteiger partial charge in [0.25, 0.3) is 0 Å². The molecule has 0 aromatic heterocycles. The molecule has 5 nitrogen and oxygen atoms in total. The molecule has 6 heteroatoms. The fourth-order valence-corrected chi connectivity index (χ4v) is 1.83. The normalized spacial score (nSPS) is 10.5. The summed E-state index contributed by atoms with van der Waals surface area (Å²) in [7, 11) is 0. The first-order valence-electron chi connectivity index (χ1n) is 6.77. The van der Waals surface area contributed by atoms with Crippen LogP contribution in [0.2, 0.25) is 0 Å². The second-order valence-corrected chi connectivity index (χ2v) is 5.09. The highest BCUT2D eigenvalue weighted by molar-refractivity contribution is 5.81. The molecular formula is C15H20FNO4. The van der Waals surface area contributed by atoms with E-state index in [-0.39, 0.29) is 37.1 Å². The van der Waals surface area contributed by atoms with E-state index in [0.717, 1.165) is 0 Å². The molecule has 0 spiro atoms. The lowest BCUT2D eigenvalue weighted by molar-refractivity contribution is -0.145. The summed E-state index contributed by atoms with van der Waals surface area (Å²) in [6, 6.07) is 5.93. The van der Waals surface area contributed by atoms with Crippen LogP contribution in [0.15, 0.2) is 24.3 Å². The number of carboxylic acid groups (broad SMARTS) is 1. The van der Waals surface area contributed by atoms with E-state index in [1.54, 1.807) is 12.1 Å². The van der Waals surface area contributed by atoms with Gasteiger partial charge in [0.1, 0.15) is 6.54 Å². The second kappa shape index (κ2) is 8.24.